The number of rotatable bonds is 6. The molecule has 0 amide bonds. The van der Waals surface area contributed by atoms with E-state index in [0.717, 1.165) is 34.4 Å². The first-order chi connectivity index (χ1) is 12.8. The van der Waals surface area contributed by atoms with Crippen molar-refractivity contribution in [3.05, 3.63) is 36.3 Å². The minimum Gasteiger partial charge on any atom is -0.486 e. The Labute approximate surface area is 151 Å². The number of hydrogen-bond acceptors (Lipinski definition) is 6. The molecule has 4 rings (SSSR count). The highest BCUT2D eigenvalue weighted by Gasteiger charge is 2.18. The Morgan fingerprint density at radius 3 is 2.85 bits per heavy atom. The molecule has 0 radical (unpaired) electrons. The number of benzene rings is 1. The van der Waals surface area contributed by atoms with Crippen molar-refractivity contribution in [2.75, 3.05) is 26.4 Å². The van der Waals surface area contributed by atoms with Gasteiger partial charge in [0.25, 0.3) is 0 Å². The van der Waals surface area contributed by atoms with Crippen molar-refractivity contribution >= 4 is 0 Å². The Bertz CT molecular complexity index is 902. The molecule has 1 aromatic carbocycles. The normalized spacial score (nSPS) is 13.2. The zero-order chi connectivity index (χ0) is 17.9. The molecule has 0 spiro atoms. The highest BCUT2D eigenvalue weighted by Crippen LogP contribution is 2.33. The van der Waals surface area contributed by atoms with Crippen LogP contribution in [0.3, 0.4) is 0 Å². The van der Waals surface area contributed by atoms with Gasteiger partial charge < -0.3 is 14.2 Å². The van der Waals surface area contributed by atoms with E-state index >= 15 is 0 Å². The number of nitrogens with zero attached hydrogens (tertiary/aromatic N) is 5. The zero-order valence-electron chi connectivity index (χ0n) is 14.9. The van der Waals surface area contributed by atoms with Crippen LogP contribution in [0.25, 0.3) is 17.2 Å². The second kappa shape index (κ2) is 7.17. The quantitative estimate of drug-likeness (QED) is 0.631. The maximum Gasteiger partial charge on any atom is 0.181 e. The summed E-state index contributed by atoms with van der Waals surface area (Å²) < 4.78 is 20.4. The predicted octanol–water partition coefficient (Wildman–Crippen LogP) is 2.25. The highest BCUT2D eigenvalue weighted by molar-refractivity contribution is 5.56. The summed E-state index contributed by atoms with van der Waals surface area (Å²) in [5.74, 6) is 2.19. The maximum absolute atomic E-state index is 5.68. The summed E-state index contributed by atoms with van der Waals surface area (Å²) in [5, 5.41) is 8.95. The first kappa shape index (κ1) is 16.6. The molecule has 0 unspecified atom stereocenters. The Morgan fingerprint density at radius 2 is 2.00 bits per heavy atom. The van der Waals surface area contributed by atoms with Gasteiger partial charge in [0.2, 0.25) is 0 Å². The molecule has 0 aliphatic carbocycles. The van der Waals surface area contributed by atoms with Crippen LogP contribution >= 0.6 is 0 Å². The molecule has 0 atom stereocenters. The summed E-state index contributed by atoms with van der Waals surface area (Å²) in [7, 11) is 0. The van der Waals surface area contributed by atoms with Crippen LogP contribution in [0.2, 0.25) is 0 Å². The molecule has 0 bridgehead atoms. The van der Waals surface area contributed by atoms with Crippen LogP contribution in [0.1, 0.15) is 12.6 Å². The minimum atomic E-state index is 0.546. The van der Waals surface area contributed by atoms with Crippen molar-refractivity contribution in [3.63, 3.8) is 0 Å². The van der Waals surface area contributed by atoms with Gasteiger partial charge in [-0.25, -0.2) is 9.67 Å². The third-order valence-corrected chi connectivity index (χ3v) is 4.10. The molecule has 2 aromatic heterocycles. The van der Waals surface area contributed by atoms with Crippen LogP contribution in [-0.2, 0) is 11.3 Å². The van der Waals surface area contributed by atoms with Crippen LogP contribution in [0, 0.1) is 6.92 Å². The van der Waals surface area contributed by atoms with E-state index in [1.165, 1.54) is 0 Å². The first-order valence-corrected chi connectivity index (χ1v) is 8.69. The molecule has 1 aliphatic heterocycles. The van der Waals surface area contributed by atoms with E-state index in [1.54, 1.807) is 11.0 Å². The third kappa shape index (κ3) is 3.15. The van der Waals surface area contributed by atoms with Crippen LogP contribution in [0.15, 0.2) is 30.6 Å². The number of fused-ring (bicyclic) bond motifs is 1. The second-order valence-electron chi connectivity index (χ2n) is 5.91. The fourth-order valence-corrected chi connectivity index (χ4v) is 2.96. The van der Waals surface area contributed by atoms with Crippen LogP contribution in [0.5, 0.6) is 11.5 Å². The number of aromatic nitrogens is 5. The molecule has 0 saturated carbocycles. The molecule has 0 fully saturated rings. The molecule has 136 valence electrons. The van der Waals surface area contributed by atoms with Gasteiger partial charge in [-0.1, -0.05) is 0 Å². The van der Waals surface area contributed by atoms with Crippen molar-refractivity contribution in [1.82, 2.24) is 24.5 Å². The van der Waals surface area contributed by atoms with Gasteiger partial charge in [-0.15, -0.1) is 0 Å². The second-order valence-corrected chi connectivity index (χ2v) is 5.91. The Balaban J connectivity index is 1.70. The molecule has 3 aromatic rings. The summed E-state index contributed by atoms with van der Waals surface area (Å²) in [5.41, 5.74) is 2.68. The van der Waals surface area contributed by atoms with Gasteiger partial charge >= 0.3 is 0 Å². The Morgan fingerprint density at radius 1 is 1.15 bits per heavy atom. The molecule has 0 saturated heterocycles. The van der Waals surface area contributed by atoms with Crippen LogP contribution < -0.4 is 9.47 Å². The summed E-state index contributed by atoms with van der Waals surface area (Å²) in [6.07, 6.45) is 1.54. The van der Waals surface area contributed by atoms with Crippen molar-refractivity contribution < 1.29 is 14.2 Å². The molecule has 0 N–H and O–H groups in total. The van der Waals surface area contributed by atoms with E-state index in [4.69, 9.17) is 14.2 Å². The SMILES string of the molecule is CCOCCn1nc(C)cc1-c1ncnn1-c1ccc2c(c1)OCCO2. The molecule has 26 heavy (non-hydrogen) atoms. The van der Waals surface area contributed by atoms with Gasteiger partial charge in [-0.3, -0.25) is 4.68 Å². The first-order valence-electron chi connectivity index (χ1n) is 8.69. The summed E-state index contributed by atoms with van der Waals surface area (Å²) >= 11 is 0. The molecule has 3 heterocycles. The lowest BCUT2D eigenvalue weighted by molar-refractivity contribution is 0.136. The largest absolute Gasteiger partial charge is 0.486 e. The third-order valence-electron chi connectivity index (χ3n) is 4.10. The summed E-state index contributed by atoms with van der Waals surface area (Å²) in [6.45, 7) is 7.00. The van der Waals surface area contributed by atoms with Gasteiger partial charge in [0.1, 0.15) is 25.2 Å². The van der Waals surface area contributed by atoms with Gasteiger partial charge in [-0.2, -0.15) is 10.2 Å². The number of ether oxygens (including phenoxy) is 3. The van der Waals surface area contributed by atoms with Gasteiger partial charge in [0, 0.05) is 12.7 Å². The number of aryl methyl sites for hydroxylation is 1. The lowest BCUT2D eigenvalue weighted by Gasteiger charge is -2.19. The molecular weight excluding hydrogens is 334 g/mol. The van der Waals surface area contributed by atoms with E-state index < -0.39 is 0 Å². The number of hydrogen-bond donors (Lipinski definition) is 0. The molecule has 8 nitrogen and oxygen atoms in total. The Kier molecular flexibility index (Phi) is 4.57. The monoisotopic (exact) mass is 355 g/mol. The lowest BCUT2D eigenvalue weighted by Crippen LogP contribution is -2.15. The van der Waals surface area contributed by atoms with Gasteiger partial charge in [0.05, 0.1) is 24.5 Å². The Hall–Kier alpha value is -2.87. The topological polar surface area (TPSA) is 76.2 Å². The van der Waals surface area contributed by atoms with E-state index in [2.05, 4.69) is 15.2 Å². The van der Waals surface area contributed by atoms with Crippen molar-refractivity contribution in [1.29, 1.82) is 0 Å². The van der Waals surface area contributed by atoms with Gasteiger partial charge in [-0.05, 0) is 32.0 Å². The predicted molar refractivity (Wildman–Crippen MR) is 94.8 cm³/mol. The average Bonchev–Trinajstić information content (AvgIpc) is 3.28. The molecule has 1 aliphatic rings. The van der Waals surface area contributed by atoms with Crippen molar-refractivity contribution in [2.24, 2.45) is 0 Å². The molecule has 8 heteroatoms. The van der Waals surface area contributed by atoms with Crippen LogP contribution in [-0.4, -0.2) is 51.0 Å². The van der Waals surface area contributed by atoms with E-state index in [1.807, 2.05) is 42.8 Å². The van der Waals surface area contributed by atoms with E-state index in [9.17, 15) is 0 Å². The molecular formula is C18H21N5O3. The summed E-state index contributed by atoms with van der Waals surface area (Å²) in [4.78, 5) is 4.46. The van der Waals surface area contributed by atoms with Gasteiger partial charge in [0.15, 0.2) is 17.3 Å². The van der Waals surface area contributed by atoms with E-state index in [-0.39, 0.29) is 0 Å². The van der Waals surface area contributed by atoms with Crippen LogP contribution in [0.4, 0.5) is 0 Å². The summed E-state index contributed by atoms with van der Waals surface area (Å²) in [6, 6.07) is 7.76. The fourth-order valence-electron chi connectivity index (χ4n) is 2.96. The van der Waals surface area contributed by atoms with Crippen molar-refractivity contribution in [2.45, 2.75) is 20.4 Å². The maximum atomic E-state index is 5.68. The zero-order valence-corrected chi connectivity index (χ0v) is 14.9. The minimum absolute atomic E-state index is 0.546. The highest BCUT2D eigenvalue weighted by atomic mass is 16.6. The lowest BCUT2D eigenvalue weighted by atomic mass is 10.2. The van der Waals surface area contributed by atoms with E-state index in [0.29, 0.717) is 33.0 Å². The fraction of sp³-hybridized carbons (Fsp3) is 0.389. The smallest absolute Gasteiger partial charge is 0.181 e. The average molecular weight is 355 g/mol. The van der Waals surface area contributed by atoms with Crippen molar-refractivity contribution in [3.8, 4) is 28.7 Å². The standard InChI is InChI=1S/C18H21N5O3/c1-3-24-7-6-22-15(10-13(2)21-22)18-19-12-20-23(18)14-4-5-16-17(11-14)26-9-8-25-16/h4-5,10-12H,3,6-9H2,1-2H3.